The molecule has 1 saturated heterocycles. The molecule has 0 spiro atoms. The topological polar surface area (TPSA) is 85.5 Å². The Morgan fingerprint density at radius 3 is 2.76 bits per heavy atom. The molecule has 8 heteroatoms. The molecule has 2 heterocycles. The van der Waals surface area contributed by atoms with E-state index in [1.54, 1.807) is 0 Å². The molecule has 0 saturated carbocycles. The molecule has 1 aromatic heterocycles. The van der Waals surface area contributed by atoms with Gasteiger partial charge in [-0.05, 0) is 27.7 Å². The van der Waals surface area contributed by atoms with Gasteiger partial charge < -0.3 is 9.26 Å². The van der Waals surface area contributed by atoms with Crippen molar-refractivity contribution in [3.05, 3.63) is 11.7 Å². The summed E-state index contributed by atoms with van der Waals surface area (Å²) in [7, 11) is -2.96. The van der Waals surface area contributed by atoms with Gasteiger partial charge in [0.25, 0.3) is 0 Å². The number of hydrogen-bond donors (Lipinski definition) is 0. The molecular formula is C13H23N3O4S. The quantitative estimate of drug-likeness (QED) is 0.801. The molecule has 0 atom stereocenters. The largest absolute Gasteiger partial charge is 0.371 e. The summed E-state index contributed by atoms with van der Waals surface area (Å²) in [6, 6.07) is 0. The lowest BCUT2D eigenvalue weighted by atomic mass is 10.1. The Labute approximate surface area is 125 Å². The lowest BCUT2D eigenvalue weighted by molar-refractivity contribution is 0.0601. The Morgan fingerprint density at radius 2 is 2.14 bits per heavy atom. The first kappa shape index (κ1) is 16.4. The highest BCUT2D eigenvalue weighted by Gasteiger charge is 2.38. The summed E-state index contributed by atoms with van der Waals surface area (Å²) in [6.07, 6.45) is 0.109. The third kappa shape index (κ3) is 4.49. The third-order valence-corrected chi connectivity index (χ3v) is 5.43. The van der Waals surface area contributed by atoms with Gasteiger partial charge in [-0.2, -0.15) is 4.98 Å². The summed E-state index contributed by atoms with van der Waals surface area (Å²) in [5.74, 6) is 1.33. The van der Waals surface area contributed by atoms with Gasteiger partial charge in [0.15, 0.2) is 15.7 Å². The number of ether oxygens (including phenoxy) is 1. The van der Waals surface area contributed by atoms with Crippen molar-refractivity contribution in [2.75, 3.05) is 18.1 Å². The van der Waals surface area contributed by atoms with Crippen molar-refractivity contribution in [3.8, 4) is 0 Å². The molecule has 7 nitrogen and oxygen atoms in total. The standard InChI is InChI=1S/C13H23N3O4S/c1-10(2)19-8-11-14-12(20-15-11)7-16-5-6-21(17,18)9-13(16,3)4/h10H,5-9H2,1-4H3. The van der Waals surface area contributed by atoms with Crippen LogP contribution < -0.4 is 0 Å². The molecule has 120 valence electrons. The van der Waals surface area contributed by atoms with Gasteiger partial charge in [-0.1, -0.05) is 5.16 Å². The van der Waals surface area contributed by atoms with E-state index in [-0.39, 0.29) is 17.6 Å². The van der Waals surface area contributed by atoms with Gasteiger partial charge in [0, 0.05) is 12.1 Å². The zero-order valence-corrected chi connectivity index (χ0v) is 13.8. The number of rotatable bonds is 5. The third-order valence-electron chi connectivity index (χ3n) is 3.48. The smallest absolute Gasteiger partial charge is 0.240 e. The SMILES string of the molecule is CC(C)OCc1noc(CN2CCS(=O)(=O)CC2(C)C)n1. The fraction of sp³-hybridized carbons (Fsp3) is 0.846. The lowest BCUT2D eigenvalue weighted by Gasteiger charge is -2.41. The highest BCUT2D eigenvalue weighted by Crippen LogP contribution is 2.24. The molecule has 0 unspecified atom stereocenters. The van der Waals surface area contributed by atoms with E-state index in [0.717, 1.165) is 0 Å². The number of aromatic nitrogens is 2. The summed E-state index contributed by atoms with van der Waals surface area (Å²) in [6.45, 7) is 8.98. The van der Waals surface area contributed by atoms with Crippen LogP contribution in [0.4, 0.5) is 0 Å². The summed E-state index contributed by atoms with van der Waals surface area (Å²) < 4.78 is 34.1. The van der Waals surface area contributed by atoms with Crippen LogP contribution in [0.3, 0.4) is 0 Å². The van der Waals surface area contributed by atoms with Crippen LogP contribution in [0, 0.1) is 0 Å². The van der Waals surface area contributed by atoms with Crippen LogP contribution in [0.2, 0.25) is 0 Å². The minimum atomic E-state index is -2.96. The van der Waals surface area contributed by atoms with Crippen LogP contribution in [0.5, 0.6) is 0 Å². The molecular weight excluding hydrogens is 294 g/mol. The molecule has 1 aliphatic rings. The van der Waals surface area contributed by atoms with Gasteiger partial charge in [-0.3, -0.25) is 4.90 Å². The van der Waals surface area contributed by atoms with E-state index in [9.17, 15) is 8.42 Å². The van der Waals surface area contributed by atoms with Gasteiger partial charge in [0.1, 0.15) is 6.61 Å². The van der Waals surface area contributed by atoms with Crippen molar-refractivity contribution in [1.29, 1.82) is 0 Å². The van der Waals surface area contributed by atoms with Crippen molar-refractivity contribution in [2.45, 2.75) is 52.5 Å². The minimum Gasteiger partial charge on any atom is -0.371 e. The normalized spacial score (nSPS) is 21.8. The summed E-state index contributed by atoms with van der Waals surface area (Å²) in [5, 5.41) is 3.87. The second kappa shape index (κ2) is 6.02. The summed E-state index contributed by atoms with van der Waals surface area (Å²) in [4.78, 5) is 6.35. The Kier molecular flexibility index (Phi) is 4.69. The molecule has 21 heavy (non-hydrogen) atoms. The first-order valence-corrected chi connectivity index (χ1v) is 8.89. The molecule has 0 aromatic carbocycles. The van der Waals surface area contributed by atoms with Crippen LogP contribution in [0.25, 0.3) is 0 Å². The average Bonchev–Trinajstić information content (AvgIpc) is 2.76. The van der Waals surface area contributed by atoms with Gasteiger partial charge in [-0.25, -0.2) is 8.42 Å². The van der Waals surface area contributed by atoms with E-state index >= 15 is 0 Å². The molecule has 0 amide bonds. The number of hydrogen-bond acceptors (Lipinski definition) is 7. The van der Waals surface area contributed by atoms with E-state index in [1.807, 2.05) is 27.7 Å². The first-order chi connectivity index (χ1) is 9.68. The molecule has 0 bridgehead atoms. The molecule has 0 radical (unpaired) electrons. The zero-order chi connectivity index (χ0) is 15.7. The van der Waals surface area contributed by atoms with E-state index in [1.165, 1.54) is 0 Å². The summed E-state index contributed by atoms with van der Waals surface area (Å²) >= 11 is 0. The van der Waals surface area contributed by atoms with Crippen LogP contribution >= 0.6 is 0 Å². The van der Waals surface area contributed by atoms with Crippen molar-refractivity contribution in [1.82, 2.24) is 15.0 Å². The maximum absolute atomic E-state index is 11.7. The predicted molar refractivity (Wildman–Crippen MR) is 77.4 cm³/mol. The number of sulfone groups is 1. The van der Waals surface area contributed by atoms with Crippen molar-refractivity contribution in [3.63, 3.8) is 0 Å². The van der Waals surface area contributed by atoms with Crippen molar-refractivity contribution >= 4 is 9.84 Å². The van der Waals surface area contributed by atoms with Gasteiger partial charge in [0.2, 0.25) is 5.89 Å². The molecule has 1 aliphatic heterocycles. The van der Waals surface area contributed by atoms with Gasteiger partial charge in [0.05, 0.1) is 24.2 Å². The van der Waals surface area contributed by atoms with E-state index in [2.05, 4.69) is 15.0 Å². The highest BCUT2D eigenvalue weighted by molar-refractivity contribution is 7.91. The lowest BCUT2D eigenvalue weighted by Crippen LogP contribution is -2.54. The predicted octanol–water partition coefficient (Wildman–Crippen LogP) is 1.00. The fourth-order valence-electron chi connectivity index (χ4n) is 2.36. The van der Waals surface area contributed by atoms with Gasteiger partial charge >= 0.3 is 0 Å². The second-order valence-electron chi connectivity index (χ2n) is 6.29. The Morgan fingerprint density at radius 1 is 1.43 bits per heavy atom. The monoisotopic (exact) mass is 317 g/mol. The number of nitrogens with zero attached hydrogens (tertiary/aromatic N) is 3. The van der Waals surface area contributed by atoms with Crippen LogP contribution in [-0.2, 0) is 27.7 Å². The highest BCUT2D eigenvalue weighted by atomic mass is 32.2. The van der Waals surface area contributed by atoms with Gasteiger partial charge in [-0.15, -0.1) is 0 Å². The van der Waals surface area contributed by atoms with Crippen LogP contribution in [0.15, 0.2) is 4.52 Å². The molecule has 0 N–H and O–H groups in total. The maximum Gasteiger partial charge on any atom is 0.240 e. The van der Waals surface area contributed by atoms with Crippen molar-refractivity contribution in [2.24, 2.45) is 0 Å². The fourth-order valence-corrected chi connectivity index (χ4v) is 4.27. The van der Waals surface area contributed by atoms with Crippen molar-refractivity contribution < 1.29 is 17.7 Å². The molecule has 2 rings (SSSR count). The van der Waals surface area contributed by atoms with Crippen LogP contribution in [0.1, 0.15) is 39.4 Å². The second-order valence-corrected chi connectivity index (χ2v) is 8.47. The Balaban J connectivity index is 1.98. The minimum absolute atomic E-state index is 0.109. The zero-order valence-electron chi connectivity index (χ0n) is 13.0. The Bertz CT molecular complexity index is 580. The summed E-state index contributed by atoms with van der Waals surface area (Å²) in [5.41, 5.74) is -0.430. The molecule has 1 aromatic rings. The Hall–Kier alpha value is -0.990. The first-order valence-electron chi connectivity index (χ1n) is 7.06. The van der Waals surface area contributed by atoms with E-state index in [0.29, 0.717) is 31.4 Å². The van der Waals surface area contributed by atoms with E-state index < -0.39 is 15.4 Å². The van der Waals surface area contributed by atoms with E-state index in [4.69, 9.17) is 9.26 Å². The van der Waals surface area contributed by atoms with Crippen LogP contribution in [-0.4, -0.2) is 53.2 Å². The molecule has 0 aliphatic carbocycles. The maximum atomic E-state index is 11.7. The average molecular weight is 317 g/mol. The molecule has 1 fully saturated rings.